The third kappa shape index (κ3) is 7.84. The molecule has 42 heavy (non-hydrogen) atoms. The van der Waals surface area contributed by atoms with Gasteiger partial charge in [-0.05, 0) is 44.6 Å². The highest BCUT2D eigenvalue weighted by molar-refractivity contribution is 6.23. The van der Waals surface area contributed by atoms with Crippen LogP contribution in [0.2, 0.25) is 0 Å². The van der Waals surface area contributed by atoms with Crippen LogP contribution in [-0.2, 0) is 28.6 Å². The van der Waals surface area contributed by atoms with E-state index in [2.05, 4.69) is 5.32 Å². The van der Waals surface area contributed by atoms with Gasteiger partial charge in [-0.15, -0.1) is 0 Å². The van der Waals surface area contributed by atoms with Gasteiger partial charge in [-0.25, -0.2) is 4.79 Å². The Bertz CT molecular complexity index is 1230. The molecule has 2 heterocycles. The van der Waals surface area contributed by atoms with Crippen LogP contribution in [0.1, 0.15) is 47.0 Å². The number of carbonyl (C=O) groups excluding carboxylic acids is 4. The molecule has 0 aromatic carbocycles. The molecule has 4 unspecified atom stereocenters. The van der Waals surface area contributed by atoms with Crippen LogP contribution in [0.25, 0.3) is 0 Å². The Morgan fingerprint density at radius 2 is 1.81 bits per heavy atom. The summed E-state index contributed by atoms with van der Waals surface area (Å²) in [7, 11) is 2.95. The molecule has 1 saturated heterocycles. The standard InChI is InChI=1S/C31H43N3O8/c1-17-13-21-26(34-11-8-12-34)23(35)16-22(28(21)37)33-30(38)18(2)9-7-10-24(40-5)29(42-31(32)39)20(4)15-19(3)27(36)25(14-17)41-6/h7,9-10,15-17,19,24-25,27,29,36H,8,11-14H2,1-6H3,(H2,32,39)(H,33,38)/b10-7-,18-9+,20-15+/t17?,19-,24?,25?,27+,29?/m0/s1. The number of ketones is 2. The lowest BCUT2D eigenvalue weighted by Gasteiger charge is -2.37. The number of fused-ring (bicyclic) bond motifs is 2. The first-order valence-corrected chi connectivity index (χ1v) is 14.2. The molecule has 2 amide bonds. The van der Waals surface area contributed by atoms with Crippen molar-refractivity contribution in [1.29, 1.82) is 0 Å². The van der Waals surface area contributed by atoms with Crippen molar-refractivity contribution in [2.24, 2.45) is 17.6 Å². The number of primary amides is 1. The molecule has 230 valence electrons. The van der Waals surface area contributed by atoms with Crippen LogP contribution in [0.4, 0.5) is 4.79 Å². The van der Waals surface area contributed by atoms with E-state index in [1.807, 2.05) is 18.7 Å². The highest BCUT2D eigenvalue weighted by Crippen LogP contribution is 2.32. The summed E-state index contributed by atoms with van der Waals surface area (Å²) in [6.07, 6.45) is 5.06. The molecule has 0 spiro atoms. The molecule has 0 aromatic rings. The topological polar surface area (TPSA) is 157 Å². The lowest BCUT2D eigenvalue weighted by Crippen LogP contribution is -2.43. The number of carbonyl (C=O) groups is 4. The summed E-state index contributed by atoms with van der Waals surface area (Å²) < 4.78 is 16.6. The molecule has 4 N–H and O–H groups in total. The minimum absolute atomic E-state index is 0.0763. The molecular formula is C31H43N3O8. The molecule has 6 atom stereocenters. The summed E-state index contributed by atoms with van der Waals surface area (Å²) in [4.78, 5) is 53.5. The molecule has 11 nitrogen and oxygen atoms in total. The number of nitrogens with one attached hydrogen (secondary N) is 1. The highest BCUT2D eigenvalue weighted by atomic mass is 16.6. The number of ether oxygens (including phenoxy) is 3. The van der Waals surface area contributed by atoms with Crippen LogP contribution in [-0.4, -0.2) is 85.3 Å². The van der Waals surface area contributed by atoms with Crippen molar-refractivity contribution >= 4 is 23.6 Å². The van der Waals surface area contributed by atoms with Gasteiger partial charge < -0.3 is 35.3 Å². The van der Waals surface area contributed by atoms with Crippen molar-refractivity contribution in [3.05, 3.63) is 58.5 Å². The fourth-order valence-electron chi connectivity index (χ4n) is 5.46. The molecule has 3 rings (SSSR count). The monoisotopic (exact) mass is 585 g/mol. The Labute approximate surface area is 247 Å². The van der Waals surface area contributed by atoms with Gasteiger partial charge in [-0.2, -0.15) is 0 Å². The number of aliphatic hydroxyl groups excluding tert-OH is 1. The second kappa shape index (κ2) is 14.6. The van der Waals surface area contributed by atoms with Gasteiger partial charge in [-0.1, -0.05) is 38.2 Å². The molecule has 11 heteroatoms. The summed E-state index contributed by atoms with van der Waals surface area (Å²) in [6, 6.07) is 0. The van der Waals surface area contributed by atoms with E-state index in [4.69, 9.17) is 19.9 Å². The number of Topliss-reactive ketones (excluding diaryl/α,β-unsaturated/α-hetero) is 1. The van der Waals surface area contributed by atoms with E-state index >= 15 is 0 Å². The number of allylic oxidation sites excluding steroid dienone is 4. The average Bonchev–Trinajstić information content (AvgIpc) is 2.90. The third-order valence-corrected chi connectivity index (χ3v) is 7.94. The number of amides is 2. The Kier molecular flexibility index (Phi) is 11.4. The maximum atomic E-state index is 13.7. The molecule has 1 aliphatic carbocycles. The fraction of sp³-hybridized carbons (Fsp3) is 0.548. The van der Waals surface area contributed by atoms with Gasteiger partial charge in [0, 0.05) is 50.4 Å². The maximum Gasteiger partial charge on any atom is 0.405 e. The zero-order valence-electron chi connectivity index (χ0n) is 25.2. The first-order chi connectivity index (χ1) is 19.9. The van der Waals surface area contributed by atoms with E-state index in [-0.39, 0.29) is 29.4 Å². The lowest BCUT2D eigenvalue weighted by atomic mass is 9.84. The number of hydrogen-bond donors (Lipinski definition) is 3. The van der Waals surface area contributed by atoms with Gasteiger partial charge in [-0.3, -0.25) is 14.4 Å². The number of nitrogens with zero attached hydrogens (tertiary/aromatic N) is 1. The van der Waals surface area contributed by atoms with Crippen LogP contribution >= 0.6 is 0 Å². The van der Waals surface area contributed by atoms with E-state index in [9.17, 15) is 24.3 Å². The van der Waals surface area contributed by atoms with E-state index in [0.29, 0.717) is 36.4 Å². The lowest BCUT2D eigenvalue weighted by molar-refractivity contribution is -0.120. The first kappa shape index (κ1) is 33.0. The summed E-state index contributed by atoms with van der Waals surface area (Å²) in [5, 5.41) is 13.9. The minimum Gasteiger partial charge on any atom is -0.439 e. The first-order valence-electron chi connectivity index (χ1n) is 14.2. The number of methoxy groups -OCH3 is 2. The predicted octanol–water partition coefficient (Wildman–Crippen LogP) is 2.47. The van der Waals surface area contributed by atoms with Gasteiger partial charge in [0.2, 0.25) is 11.6 Å². The van der Waals surface area contributed by atoms with Gasteiger partial charge in [0.1, 0.15) is 6.10 Å². The summed E-state index contributed by atoms with van der Waals surface area (Å²) in [5.74, 6) is -1.84. The fourth-order valence-corrected chi connectivity index (χ4v) is 5.46. The average molecular weight is 586 g/mol. The summed E-state index contributed by atoms with van der Waals surface area (Å²) in [6.45, 7) is 8.43. The predicted molar refractivity (Wildman–Crippen MR) is 156 cm³/mol. The maximum absolute atomic E-state index is 13.7. The number of aliphatic hydroxyl groups is 1. The van der Waals surface area contributed by atoms with Crippen LogP contribution < -0.4 is 11.1 Å². The van der Waals surface area contributed by atoms with E-state index in [1.165, 1.54) is 26.4 Å². The van der Waals surface area contributed by atoms with Crippen LogP contribution in [0, 0.1) is 11.8 Å². The van der Waals surface area contributed by atoms with E-state index in [1.54, 1.807) is 32.1 Å². The normalized spacial score (nSPS) is 33.5. The third-order valence-electron chi connectivity index (χ3n) is 7.94. The molecule has 0 aromatic heterocycles. The zero-order chi connectivity index (χ0) is 31.1. The van der Waals surface area contributed by atoms with E-state index in [0.717, 1.165) is 6.42 Å². The minimum atomic E-state index is -0.991. The number of rotatable bonds is 4. The SMILES string of the molecule is COC1/C=C\C=C(/C)C(=O)NC2=CC(=O)C(N3CCC3)=C(CC(C)CC(OC)[C@H](O)[C@@H](C)/C=C(\C)C1OC(N)=O)C2=O. The molecule has 1 fully saturated rings. The molecule has 2 bridgehead atoms. The van der Waals surface area contributed by atoms with Crippen molar-refractivity contribution < 1.29 is 38.5 Å². The Balaban J connectivity index is 2.07. The quantitative estimate of drug-likeness (QED) is 0.333. The van der Waals surface area contributed by atoms with E-state index < -0.39 is 48.1 Å². The zero-order valence-corrected chi connectivity index (χ0v) is 25.2. The second-order valence-corrected chi connectivity index (χ2v) is 11.2. The Morgan fingerprint density at radius 3 is 2.38 bits per heavy atom. The summed E-state index contributed by atoms with van der Waals surface area (Å²) in [5.41, 5.74) is 6.88. The van der Waals surface area contributed by atoms with Crippen molar-refractivity contribution in [2.75, 3.05) is 27.3 Å². The van der Waals surface area contributed by atoms with Crippen LogP contribution in [0.15, 0.2) is 58.5 Å². The Hall–Kier alpha value is -3.54. The molecule has 0 saturated carbocycles. The van der Waals surface area contributed by atoms with Gasteiger partial charge in [0.25, 0.3) is 5.91 Å². The van der Waals surface area contributed by atoms with Crippen molar-refractivity contribution in [3.63, 3.8) is 0 Å². The second-order valence-electron chi connectivity index (χ2n) is 11.2. The number of hydrogen-bond acceptors (Lipinski definition) is 9. The number of likely N-dealkylation sites (tertiary alicyclic amines) is 1. The number of nitrogens with two attached hydrogens (primary N) is 1. The van der Waals surface area contributed by atoms with Crippen molar-refractivity contribution in [3.8, 4) is 0 Å². The molecule has 3 aliphatic rings. The Morgan fingerprint density at radius 1 is 1.12 bits per heavy atom. The smallest absolute Gasteiger partial charge is 0.405 e. The highest BCUT2D eigenvalue weighted by Gasteiger charge is 2.36. The molecule has 2 aliphatic heterocycles. The van der Waals surface area contributed by atoms with Crippen molar-refractivity contribution in [1.82, 2.24) is 10.2 Å². The van der Waals surface area contributed by atoms with Gasteiger partial charge in [0.15, 0.2) is 6.10 Å². The van der Waals surface area contributed by atoms with Gasteiger partial charge in [0.05, 0.1) is 23.6 Å². The van der Waals surface area contributed by atoms with Gasteiger partial charge >= 0.3 is 6.09 Å². The van der Waals surface area contributed by atoms with Crippen LogP contribution in [0.5, 0.6) is 0 Å². The largest absolute Gasteiger partial charge is 0.439 e. The molecular weight excluding hydrogens is 542 g/mol. The van der Waals surface area contributed by atoms with Crippen molar-refractivity contribution in [2.45, 2.75) is 71.4 Å². The summed E-state index contributed by atoms with van der Waals surface area (Å²) >= 11 is 0. The molecule has 0 radical (unpaired) electrons. The van der Waals surface area contributed by atoms with Crippen LogP contribution in [0.3, 0.4) is 0 Å².